The van der Waals surface area contributed by atoms with E-state index in [1.165, 1.54) is 30.5 Å². The quantitative estimate of drug-likeness (QED) is 0.254. The van der Waals surface area contributed by atoms with Gasteiger partial charge in [-0.2, -0.15) is 0 Å². The number of likely N-dealkylation sites (tertiary alicyclic amines) is 1. The number of unbranched alkanes of at least 4 members (excludes halogenated alkanes) is 3. The van der Waals surface area contributed by atoms with Gasteiger partial charge in [-0.25, -0.2) is 0 Å². The molecule has 8 heteroatoms. The third-order valence-electron chi connectivity index (χ3n) is 4.92. The highest BCUT2D eigenvalue weighted by atomic mass is 32.2. The summed E-state index contributed by atoms with van der Waals surface area (Å²) in [5.41, 5.74) is -0.274. The summed E-state index contributed by atoms with van der Waals surface area (Å²) >= 11 is 1.59. The van der Waals surface area contributed by atoms with Crippen LogP contribution in [-0.2, 0) is 19.1 Å². The first-order chi connectivity index (χ1) is 13.3. The Balaban J connectivity index is 2.25. The lowest BCUT2D eigenvalue weighted by Gasteiger charge is -2.24. The van der Waals surface area contributed by atoms with Crippen LogP contribution in [0.25, 0.3) is 0 Å². The lowest BCUT2D eigenvalue weighted by molar-refractivity contribution is -0.138. The monoisotopic (exact) mass is 412 g/mol. The van der Waals surface area contributed by atoms with Gasteiger partial charge in [0, 0.05) is 32.5 Å². The van der Waals surface area contributed by atoms with Gasteiger partial charge in [-0.1, -0.05) is 25.6 Å². The number of amides is 3. The second-order valence-electron chi connectivity index (χ2n) is 7.90. The molecule has 1 atom stereocenters. The van der Waals surface area contributed by atoms with Crippen LogP contribution in [0.5, 0.6) is 0 Å². The van der Waals surface area contributed by atoms with E-state index < -0.39 is 0 Å². The Morgan fingerprint density at radius 3 is 2.68 bits per heavy atom. The third kappa shape index (κ3) is 9.46. The van der Waals surface area contributed by atoms with Gasteiger partial charge in [0.2, 0.25) is 17.7 Å². The van der Waals surface area contributed by atoms with Crippen LogP contribution in [0.3, 0.4) is 0 Å². The number of ether oxygens (including phenoxy) is 1. The van der Waals surface area contributed by atoms with Gasteiger partial charge in [-0.05, 0) is 39.4 Å². The summed E-state index contributed by atoms with van der Waals surface area (Å²) < 4.78 is 5.60. The molecule has 3 amide bonds. The van der Waals surface area contributed by atoms with E-state index in [1.54, 1.807) is 11.8 Å². The number of hydrogen-bond acceptors (Lipinski definition) is 5. The van der Waals surface area contributed by atoms with E-state index in [1.807, 2.05) is 20.8 Å². The van der Waals surface area contributed by atoms with Crippen LogP contribution in [-0.4, -0.2) is 66.8 Å². The fourth-order valence-electron chi connectivity index (χ4n) is 3.22. The number of thioether (sulfide) groups is 1. The zero-order valence-electron chi connectivity index (χ0n) is 18.1. The highest BCUT2D eigenvalue weighted by molar-refractivity contribution is 8.00. The molecule has 0 saturated carbocycles. The Labute approximate surface area is 175 Å². The molecule has 1 aliphatic rings. The minimum atomic E-state index is -0.274. The van der Waals surface area contributed by atoms with Crippen molar-refractivity contribution < 1.29 is 19.1 Å². The molecule has 0 aromatic rings. The van der Waals surface area contributed by atoms with Gasteiger partial charge >= 0.3 is 0 Å². The number of nitrogens with zero attached hydrogens (tertiary/aromatic N) is 1. The Bertz CT molecular complexity index is 516. The van der Waals surface area contributed by atoms with Gasteiger partial charge < -0.3 is 10.1 Å². The van der Waals surface area contributed by atoms with Crippen molar-refractivity contribution in [2.45, 2.75) is 82.9 Å². The summed E-state index contributed by atoms with van der Waals surface area (Å²) in [5.74, 6) is 0.490. The molecule has 0 aromatic heterocycles. The molecule has 1 heterocycles. The topological polar surface area (TPSA) is 75.7 Å². The molecule has 0 aromatic carbocycles. The average Bonchev–Trinajstić information content (AvgIpc) is 2.89. The number of carbonyl (C=O) groups excluding carboxylic acids is 3. The van der Waals surface area contributed by atoms with Gasteiger partial charge in [0.05, 0.1) is 10.9 Å². The highest BCUT2D eigenvalue weighted by Gasteiger charge is 2.38. The molecule has 1 saturated heterocycles. The summed E-state index contributed by atoms with van der Waals surface area (Å²) in [6.45, 7) is 7.26. The van der Waals surface area contributed by atoms with Crippen molar-refractivity contribution in [3.05, 3.63) is 0 Å². The predicted molar refractivity (Wildman–Crippen MR) is 117 cm³/mol. The number of rotatable bonds is 15. The fourth-order valence-corrected chi connectivity index (χ4v) is 4.40. The maximum atomic E-state index is 12.4. The van der Waals surface area contributed by atoms with E-state index >= 15 is 0 Å². The van der Waals surface area contributed by atoms with Crippen molar-refractivity contribution in [3.8, 4) is 0 Å². The van der Waals surface area contributed by atoms with E-state index in [-0.39, 0.29) is 48.0 Å². The van der Waals surface area contributed by atoms with E-state index in [0.29, 0.717) is 19.6 Å². The summed E-state index contributed by atoms with van der Waals surface area (Å²) in [6, 6.07) is 0. The molecule has 28 heavy (non-hydrogen) atoms. The summed E-state index contributed by atoms with van der Waals surface area (Å²) in [6.07, 6.45) is 7.11. The van der Waals surface area contributed by atoms with E-state index in [4.69, 9.17) is 4.74 Å². The molecule has 0 bridgehead atoms. The van der Waals surface area contributed by atoms with E-state index in [2.05, 4.69) is 13.2 Å². The number of imide groups is 1. The summed E-state index contributed by atoms with van der Waals surface area (Å²) in [4.78, 5) is 37.9. The van der Waals surface area contributed by atoms with E-state index in [0.717, 1.165) is 12.2 Å². The first-order valence-corrected chi connectivity index (χ1v) is 11.7. The van der Waals surface area contributed by atoms with E-state index in [9.17, 15) is 14.4 Å². The normalized spacial score (nSPS) is 17.4. The molecule has 1 unspecified atom stereocenters. The van der Waals surface area contributed by atoms with Gasteiger partial charge in [0.15, 0.2) is 0 Å². The van der Waals surface area contributed by atoms with Crippen molar-refractivity contribution in [3.63, 3.8) is 0 Å². The number of hydrogen-bond donors (Lipinski definition) is 1. The maximum Gasteiger partial charge on any atom is 0.242 e. The molecule has 1 rings (SSSR count). The fraction of sp³-hybridized carbons (Fsp3) is 0.850. The zero-order valence-corrected chi connectivity index (χ0v) is 18.9. The zero-order chi connectivity index (χ0) is 21.0. The smallest absolute Gasteiger partial charge is 0.242 e. The Hall–Kier alpha value is -1.02. The Kier molecular flexibility index (Phi) is 11.8. The SMILES string of the molecule is BCCCCCCSC1CC(=O)N(CCC(=O)NCCC(C)(C)OCC)C1=O. The van der Waals surface area contributed by atoms with Crippen LogP contribution in [0.1, 0.15) is 65.7 Å². The number of carbonyl (C=O) groups is 3. The lowest BCUT2D eigenvalue weighted by Crippen LogP contribution is -2.37. The number of nitrogens with one attached hydrogen (secondary N) is 1. The van der Waals surface area contributed by atoms with Gasteiger partial charge in [-0.3, -0.25) is 19.3 Å². The van der Waals surface area contributed by atoms with Crippen molar-refractivity contribution in [2.75, 3.05) is 25.4 Å². The van der Waals surface area contributed by atoms with Gasteiger partial charge in [-0.15, -0.1) is 11.8 Å². The Morgan fingerprint density at radius 2 is 2.00 bits per heavy atom. The standard InChI is InChI=1S/C20H37BN2O4S/c1-4-27-20(2,3)10-12-22-17(24)9-13-23-18(25)15-16(19(23)26)28-14-8-6-5-7-11-21/h16H,4-15,21H2,1-3H3,(H,22,24). The van der Waals surface area contributed by atoms with Crippen LogP contribution >= 0.6 is 11.8 Å². The molecule has 1 N–H and O–H groups in total. The van der Waals surface area contributed by atoms with Gasteiger partial charge in [0.25, 0.3) is 0 Å². The van der Waals surface area contributed by atoms with Crippen molar-refractivity contribution in [1.29, 1.82) is 0 Å². The molecular weight excluding hydrogens is 375 g/mol. The second kappa shape index (κ2) is 13.3. The highest BCUT2D eigenvalue weighted by Crippen LogP contribution is 2.26. The molecule has 0 radical (unpaired) electrons. The second-order valence-corrected chi connectivity index (χ2v) is 9.21. The average molecular weight is 412 g/mol. The first kappa shape index (κ1) is 25.0. The van der Waals surface area contributed by atoms with Crippen LogP contribution < -0.4 is 5.32 Å². The third-order valence-corrected chi connectivity index (χ3v) is 6.21. The van der Waals surface area contributed by atoms with Crippen LogP contribution in [0.15, 0.2) is 0 Å². The van der Waals surface area contributed by atoms with Crippen molar-refractivity contribution in [2.24, 2.45) is 0 Å². The molecule has 0 spiro atoms. The lowest BCUT2D eigenvalue weighted by atomic mass is 9.99. The van der Waals surface area contributed by atoms with Crippen LogP contribution in [0.2, 0.25) is 6.32 Å². The molecule has 0 aliphatic carbocycles. The van der Waals surface area contributed by atoms with Crippen molar-refractivity contribution >= 4 is 37.3 Å². The summed E-state index contributed by atoms with van der Waals surface area (Å²) in [7, 11) is 2.19. The molecule has 1 aliphatic heterocycles. The van der Waals surface area contributed by atoms with Crippen LogP contribution in [0, 0.1) is 0 Å². The minimum Gasteiger partial charge on any atom is -0.376 e. The van der Waals surface area contributed by atoms with Crippen molar-refractivity contribution in [1.82, 2.24) is 10.2 Å². The molecular formula is C20H37BN2O4S. The molecule has 6 nitrogen and oxygen atoms in total. The minimum absolute atomic E-state index is 0.131. The molecule has 160 valence electrons. The first-order valence-electron chi connectivity index (χ1n) is 10.7. The maximum absolute atomic E-state index is 12.4. The summed E-state index contributed by atoms with van der Waals surface area (Å²) in [5, 5.41) is 2.58. The Morgan fingerprint density at radius 1 is 1.29 bits per heavy atom. The largest absolute Gasteiger partial charge is 0.376 e. The van der Waals surface area contributed by atoms with Gasteiger partial charge in [0.1, 0.15) is 7.85 Å². The van der Waals surface area contributed by atoms with Crippen LogP contribution in [0.4, 0.5) is 0 Å². The predicted octanol–water partition coefficient (Wildman–Crippen LogP) is 2.17. The molecule has 1 fully saturated rings.